The monoisotopic (exact) mass is 504 g/mol. The Bertz CT molecular complexity index is 1090. The Morgan fingerprint density at radius 3 is 2.53 bits per heavy atom. The standard InChI is InChI=1S/C27H36O9/c1-23(2,32)16-11-18(29)26(5)15(25(16,4)17(28)12-19(30)33-6)7-9-24(3)20(14-8-10-34-13-14)35-22(31)21-27(24,26)36-21/h8,10,13,15-17,20-21,28,32H,7,9,11-12H2,1-6H3/t15-,16+,17-,20+,21+,24+,25-,26-,27+/m1/s1. The van der Waals surface area contributed by atoms with Gasteiger partial charge in [-0.1, -0.05) is 13.8 Å². The molecule has 0 aromatic carbocycles. The van der Waals surface area contributed by atoms with Gasteiger partial charge in [-0.2, -0.15) is 0 Å². The number of methoxy groups -OCH3 is 1. The van der Waals surface area contributed by atoms with E-state index in [1.54, 1.807) is 26.2 Å². The van der Waals surface area contributed by atoms with Gasteiger partial charge >= 0.3 is 11.9 Å². The molecule has 9 nitrogen and oxygen atoms in total. The third-order valence-electron chi connectivity index (χ3n) is 10.4. The van der Waals surface area contributed by atoms with Crippen LogP contribution in [0.15, 0.2) is 23.0 Å². The van der Waals surface area contributed by atoms with Crippen molar-refractivity contribution in [1.29, 1.82) is 0 Å². The van der Waals surface area contributed by atoms with Gasteiger partial charge in [-0.05, 0) is 45.6 Å². The molecule has 9 heteroatoms. The number of fused-ring (bicyclic) bond motifs is 1. The largest absolute Gasteiger partial charge is 0.472 e. The topological polar surface area (TPSA) is 136 Å². The lowest BCUT2D eigenvalue weighted by molar-refractivity contribution is -0.236. The molecule has 2 N–H and O–H groups in total. The van der Waals surface area contributed by atoms with Crippen molar-refractivity contribution in [2.24, 2.45) is 28.1 Å². The lowest BCUT2D eigenvalue weighted by atomic mass is 9.37. The van der Waals surface area contributed by atoms with Gasteiger partial charge in [0.1, 0.15) is 17.5 Å². The zero-order valence-electron chi connectivity index (χ0n) is 21.7. The van der Waals surface area contributed by atoms with Crippen LogP contribution in [-0.2, 0) is 28.6 Å². The lowest BCUT2D eigenvalue weighted by Gasteiger charge is -2.66. The summed E-state index contributed by atoms with van der Waals surface area (Å²) in [5, 5.41) is 22.7. The quantitative estimate of drug-likeness (QED) is 0.458. The van der Waals surface area contributed by atoms with Gasteiger partial charge in [0.05, 0.1) is 43.2 Å². The number of carbonyl (C=O) groups is 3. The number of aliphatic hydroxyl groups is 2. The van der Waals surface area contributed by atoms with Gasteiger partial charge < -0.3 is 28.8 Å². The van der Waals surface area contributed by atoms with Crippen molar-refractivity contribution < 1.29 is 43.2 Å². The van der Waals surface area contributed by atoms with Crippen LogP contribution in [0.25, 0.3) is 0 Å². The first kappa shape index (κ1) is 25.4. The van der Waals surface area contributed by atoms with Crippen molar-refractivity contribution in [3.8, 4) is 0 Å². The number of epoxide rings is 1. The van der Waals surface area contributed by atoms with Crippen LogP contribution in [0.5, 0.6) is 0 Å². The number of cyclic esters (lactones) is 1. The summed E-state index contributed by atoms with van der Waals surface area (Å²) in [6.07, 6.45) is 1.08. The average Bonchev–Trinajstić information content (AvgIpc) is 3.37. The Morgan fingerprint density at radius 2 is 1.94 bits per heavy atom. The molecule has 198 valence electrons. The highest BCUT2D eigenvalue weighted by Crippen LogP contribution is 2.78. The fourth-order valence-electron chi connectivity index (χ4n) is 8.59. The first-order chi connectivity index (χ1) is 16.7. The molecule has 1 aromatic rings. The summed E-state index contributed by atoms with van der Waals surface area (Å²) in [5.74, 6) is -2.31. The molecule has 0 amide bonds. The van der Waals surface area contributed by atoms with Gasteiger partial charge in [0.15, 0.2) is 6.10 Å². The molecule has 1 aromatic heterocycles. The lowest BCUT2D eigenvalue weighted by Crippen LogP contribution is -2.73. The molecule has 36 heavy (non-hydrogen) atoms. The molecule has 2 saturated carbocycles. The van der Waals surface area contributed by atoms with E-state index in [-0.39, 0.29) is 18.6 Å². The molecule has 9 atom stereocenters. The predicted octanol–water partition coefficient (Wildman–Crippen LogP) is 2.73. The van der Waals surface area contributed by atoms with Crippen LogP contribution in [0.3, 0.4) is 0 Å². The van der Waals surface area contributed by atoms with Crippen LogP contribution in [-0.4, -0.2) is 58.5 Å². The first-order valence-corrected chi connectivity index (χ1v) is 12.6. The number of Topliss-reactive ketones (excluding diaryl/α,β-unsaturated/α-hetero) is 1. The van der Waals surface area contributed by atoms with E-state index in [0.29, 0.717) is 18.4 Å². The maximum Gasteiger partial charge on any atom is 0.339 e. The minimum Gasteiger partial charge on any atom is -0.472 e. The van der Waals surface area contributed by atoms with Gasteiger partial charge in [0.2, 0.25) is 0 Å². The Kier molecular flexibility index (Phi) is 5.40. The first-order valence-electron chi connectivity index (χ1n) is 12.6. The SMILES string of the molecule is COC(=O)C[C@@H](O)[C@]1(C)[C@H]2CC[C@@]3(C)[C@H](c4ccoc4)OC(=O)[C@@H]4O[C@@]43[C@@]2(C)C(=O)C[C@H]1C(C)(C)O. The molecule has 0 bridgehead atoms. The molecular formula is C27H36O9. The Morgan fingerprint density at radius 1 is 1.25 bits per heavy atom. The highest BCUT2D eigenvalue weighted by atomic mass is 16.7. The van der Waals surface area contributed by atoms with E-state index in [1.807, 2.05) is 20.8 Å². The molecule has 0 unspecified atom stereocenters. The molecule has 4 aliphatic rings. The van der Waals surface area contributed by atoms with Gasteiger partial charge in [-0.25, -0.2) is 4.79 Å². The number of carbonyl (C=O) groups excluding carboxylic acids is 3. The van der Waals surface area contributed by atoms with Crippen LogP contribution in [0.2, 0.25) is 0 Å². The highest BCUT2D eigenvalue weighted by Gasteiger charge is 2.88. The second-order valence-electron chi connectivity index (χ2n) is 12.3. The average molecular weight is 505 g/mol. The Balaban J connectivity index is 1.67. The van der Waals surface area contributed by atoms with E-state index in [9.17, 15) is 24.6 Å². The number of esters is 2. The number of hydrogen-bond acceptors (Lipinski definition) is 9. The Hall–Kier alpha value is -2.23. The molecule has 4 fully saturated rings. The summed E-state index contributed by atoms with van der Waals surface area (Å²) in [4.78, 5) is 39.5. The van der Waals surface area contributed by atoms with Gasteiger partial charge in [-0.15, -0.1) is 0 Å². The summed E-state index contributed by atoms with van der Waals surface area (Å²) in [6.45, 7) is 8.95. The third kappa shape index (κ3) is 2.90. The summed E-state index contributed by atoms with van der Waals surface area (Å²) in [5.41, 5.74) is -4.70. The van der Waals surface area contributed by atoms with Gasteiger partial charge in [0, 0.05) is 28.7 Å². The number of ether oxygens (including phenoxy) is 3. The maximum absolute atomic E-state index is 14.2. The minimum absolute atomic E-state index is 0.0232. The van der Waals surface area contributed by atoms with E-state index in [4.69, 9.17) is 18.6 Å². The van der Waals surface area contributed by atoms with Crippen LogP contribution < -0.4 is 0 Å². The minimum atomic E-state index is -1.31. The second-order valence-corrected chi connectivity index (χ2v) is 12.3. The summed E-state index contributed by atoms with van der Waals surface area (Å²) < 4.78 is 22.3. The van der Waals surface area contributed by atoms with Crippen LogP contribution in [0, 0.1) is 28.1 Å². The van der Waals surface area contributed by atoms with Crippen molar-refractivity contribution in [1.82, 2.24) is 0 Å². The predicted molar refractivity (Wildman–Crippen MR) is 124 cm³/mol. The van der Waals surface area contributed by atoms with Crippen molar-refractivity contribution in [2.45, 2.75) is 89.8 Å². The summed E-state index contributed by atoms with van der Waals surface area (Å²) in [6, 6.07) is 1.76. The maximum atomic E-state index is 14.2. The second kappa shape index (κ2) is 7.65. The van der Waals surface area contributed by atoms with Gasteiger partial charge in [-0.3, -0.25) is 9.59 Å². The number of furan rings is 1. The zero-order valence-corrected chi connectivity index (χ0v) is 21.7. The Labute approximate surface area is 210 Å². The normalized spacial score (nSPS) is 44.6. The van der Waals surface area contributed by atoms with Crippen LogP contribution in [0.4, 0.5) is 0 Å². The fraction of sp³-hybridized carbons (Fsp3) is 0.741. The summed E-state index contributed by atoms with van der Waals surface area (Å²) >= 11 is 0. The van der Waals surface area contributed by atoms with Crippen molar-refractivity contribution in [2.75, 3.05) is 7.11 Å². The van der Waals surface area contributed by atoms with E-state index in [0.717, 1.165) is 0 Å². The molecule has 0 radical (unpaired) electrons. The smallest absolute Gasteiger partial charge is 0.339 e. The van der Waals surface area contributed by atoms with Crippen LogP contribution >= 0.6 is 0 Å². The molecule has 2 aliphatic heterocycles. The fourth-order valence-corrected chi connectivity index (χ4v) is 8.59. The highest BCUT2D eigenvalue weighted by molar-refractivity contribution is 5.93. The molecule has 5 rings (SSSR count). The van der Waals surface area contributed by atoms with E-state index >= 15 is 0 Å². The van der Waals surface area contributed by atoms with Crippen LogP contribution in [0.1, 0.15) is 72.0 Å². The molecule has 3 heterocycles. The summed E-state index contributed by atoms with van der Waals surface area (Å²) in [7, 11) is 1.26. The molecule has 2 saturated heterocycles. The number of aliphatic hydroxyl groups excluding tert-OH is 1. The number of ketones is 1. The number of hydrogen-bond donors (Lipinski definition) is 2. The van der Waals surface area contributed by atoms with Crippen molar-refractivity contribution in [3.63, 3.8) is 0 Å². The molecular weight excluding hydrogens is 468 g/mol. The van der Waals surface area contributed by atoms with Crippen molar-refractivity contribution >= 4 is 17.7 Å². The third-order valence-corrected chi connectivity index (χ3v) is 10.4. The molecule has 2 aliphatic carbocycles. The van der Waals surface area contributed by atoms with Gasteiger partial charge in [0.25, 0.3) is 0 Å². The van der Waals surface area contributed by atoms with Crippen molar-refractivity contribution in [3.05, 3.63) is 24.2 Å². The zero-order chi connectivity index (χ0) is 26.5. The van der Waals surface area contributed by atoms with E-state index < -0.39 is 69.5 Å². The number of rotatable bonds is 5. The molecule has 1 spiro atoms. The van der Waals surface area contributed by atoms with E-state index in [1.165, 1.54) is 13.4 Å². The van der Waals surface area contributed by atoms with E-state index in [2.05, 4.69) is 0 Å².